The van der Waals surface area contributed by atoms with Gasteiger partial charge in [0.1, 0.15) is 12.4 Å². The van der Waals surface area contributed by atoms with Crippen LogP contribution in [0.4, 0.5) is 0 Å². The average molecular weight is 285 g/mol. The van der Waals surface area contributed by atoms with Gasteiger partial charge in [0.2, 0.25) is 0 Å². The van der Waals surface area contributed by atoms with Gasteiger partial charge in [-0.15, -0.1) is 12.4 Å². The number of halogens is 1. The molecule has 0 aliphatic carbocycles. The first kappa shape index (κ1) is 16.3. The standard InChI is InChI=1S/C15H24N2O.ClH/c1-12-4-5-13(2)15(10-12)18-9-8-17-7-6-16-11-14(17)3;/h4-5,10,14,16H,6-9,11H2,1-3H3;1H/t14-;/m1./s1. The molecule has 1 aliphatic rings. The summed E-state index contributed by atoms with van der Waals surface area (Å²) in [6.07, 6.45) is 0. The van der Waals surface area contributed by atoms with Crippen molar-refractivity contribution in [1.29, 1.82) is 0 Å². The maximum atomic E-state index is 5.91. The van der Waals surface area contributed by atoms with Crippen molar-refractivity contribution in [2.75, 3.05) is 32.8 Å². The highest BCUT2D eigenvalue weighted by Crippen LogP contribution is 2.19. The van der Waals surface area contributed by atoms with E-state index in [-0.39, 0.29) is 12.4 Å². The zero-order chi connectivity index (χ0) is 13.0. The summed E-state index contributed by atoms with van der Waals surface area (Å²) in [5, 5.41) is 3.41. The lowest BCUT2D eigenvalue weighted by Crippen LogP contribution is -2.50. The number of nitrogens with one attached hydrogen (secondary N) is 1. The van der Waals surface area contributed by atoms with Crippen molar-refractivity contribution in [3.8, 4) is 5.75 Å². The van der Waals surface area contributed by atoms with Crippen LogP contribution in [0.5, 0.6) is 5.75 Å². The molecule has 19 heavy (non-hydrogen) atoms. The lowest BCUT2D eigenvalue weighted by atomic mass is 10.1. The van der Waals surface area contributed by atoms with Gasteiger partial charge in [0, 0.05) is 32.2 Å². The minimum atomic E-state index is 0. The van der Waals surface area contributed by atoms with E-state index in [0.29, 0.717) is 6.04 Å². The molecule has 1 heterocycles. The Morgan fingerprint density at radius 2 is 2.16 bits per heavy atom. The Hall–Kier alpha value is -0.770. The predicted octanol–water partition coefficient (Wildman–Crippen LogP) is 2.40. The molecule has 0 unspecified atom stereocenters. The molecular weight excluding hydrogens is 260 g/mol. The lowest BCUT2D eigenvalue weighted by Gasteiger charge is -2.33. The number of aryl methyl sites for hydroxylation is 2. The van der Waals surface area contributed by atoms with Crippen molar-refractivity contribution in [3.63, 3.8) is 0 Å². The van der Waals surface area contributed by atoms with Crippen LogP contribution >= 0.6 is 12.4 Å². The van der Waals surface area contributed by atoms with Crippen LogP contribution < -0.4 is 10.1 Å². The second kappa shape index (κ2) is 7.73. The zero-order valence-electron chi connectivity index (χ0n) is 12.1. The van der Waals surface area contributed by atoms with Gasteiger partial charge in [-0.05, 0) is 38.0 Å². The van der Waals surface area contributed by atoms with Crippen molar-refractivity contribution in [2.45, 2.75) is 26.8 Å². The number of rotatable bonds is 4. The van der Waals surface area contributed by atoms with Crippen LogP contribution in [-0.4, -0.2) is 43.7 Å². The van der Waals surface area contributed by atoms with Gasteiger partial charge in [0.05, 0.1) is 0 Å². The highest BCUT2D eigenvalue weighted by Gasteiger charge is 2.17. The molecule has 1 aromatic rings. The molecule has 0 saturated carbocycles. The third kappa shape index (κ3) is 4.68. The molecule has 0 bridgehead atoms. The molecule has 3 nitrogen and oxygen atoms in total. The summed E-state index contributed by atoms with van der Waals surface area (Å²) in [5.41, 5.74) is 2.47. The van der Waals surface area contributed by atoms with E-state index < -0.39 is 0 Å². The van der Waals surface area contributed by atoms with Crippen LogP contribution in [0, 0.1) is 13.8 Å². The quantitative estimate of drug-likeness (QED) is 0.919. The number of hydrogen-bond donors (Lipinski definition) is 1. The number of ether oxygens (including phenoxy) is 1. The Morgan fingerprint density at radius 1 is 1.37 bits per heavy atom. The number of hydrogen-bond acceptors (Lipinski definition) is 3. The summed E-state index contributed by atoms with van der Waals surface area (Å²) in [6.45, 7) is 11.6. The Balaban J connectivity index is 0.00000180. The van der Waals surface area contributed by atoms with Crippen LogP contribution in [0.15, 0.2) is 18.2 Å². The largest absolute Gasteiger partial charge is 0.492 e. The van der Waals surface area contributed by atoms with E-state index in [2.05, 4.69) is 49.2 Å². The van der Waals surface area contributed by atoms with Gasteiger partial charge in [0.25, 0.3) is 0 Å². The molecule has 2 rings (SSSR count). The average Bonchev–Trinajstić information content (AvgIpc) is 2.36. The first-order valence-electron chi connectivity index (χ1n) is 6.81. The van der Waals surface area contributed by atoms with Crippen molar-refractivity contribution in [3.05, 3.63) is 29.3 Å². The maximum Gasteiger partial charge on any atom is 0.122 e. The first-order valence-corrected chi connectivity index (χ1v) is 6.81. The van der Waals surface area contributed by atoms with Gasteiger partial charge in [-0.25, -0.2) is 0 Å². The van der Waals surface area contributed by atoms with Gasteiger partial charge in [-0.1, -0.05) is 12.1 Å². The smallest absolute Gasteiger partial charge is 0.122 e. The van der Waals surface area contributed by atoms with Gasteiger partial charge in [0.15, 0.2) is 0 Å². The SMILES string of the molecule is Cc1ccc(C)c(OCCN2CCNC[C@H]2C)c1.Cl. The number of benzene rings is 1. The Labute approximate surface area is 122 Å². The molecule has 0 radical (unpaired) electrons. The fourth-order valence-electron chi connectivity index (χ4n) is 2.35. The predicted molar refractivity (Wildman–Crippen MR) is 82.6 cm³/mol. The molecule has 0 aromatic heterocycles. The minimum Gasteiger partial charge on any atom is -0.492 e. The summed E-state index contributed by atoms with van der Waals surface area (Å²) in [5.74, 6) is 1.03. The molecule has 1 atom stereocenters. The molecule has 4 heteroatoms. The molecule has 0 amide bonds. The summed E-state index contributed by atoms with van der Waals surface area (Å²) in [6, 6.07) is 6.98. The Bertz CT molecular complexity index is 398. The van der Waals surface area contributed by atoms with Gasteiger partial charge in [-0.2, -0.15) is 0 Å². The summed E-state index contributed by atoms with van der Waals surface area (Å²) >= 11 is 0. The topological polar surface area (TPSA) is 24.5 Å². The van der Waals surface area contributed by atoms with E-state index >= 15 is 0 Å². The van der Waals surface area contributed by atoms with E-state index in [1.807, 2.05) is 0 Å². The molecular formula is C15H25ClN2O. The lowest BCUT2D eigenvalue weighted by molar-refractivity contribution is 0.143. The maximum absolute atomic E-state index is 5.91. The molecule has 1 aromatic carbocycles. The minimum absolute atomic E-state index is 0. The van der Waals surface area contributed by atoms with Crippen LogP contribution in [0.2, 0.25) is 0 Å². The fourth-order valence-corrected chi connectivity index (χ4v) is 2.35. The molecule has 0 spiro atoms. The monoisotopic (exact) mass is 284 g/mol. The van der Waals surface area contributed by atoms with E-state index in [1.165, 1.54) is 11.1 Å². The summed E-state index contributed by atoms with van der Waals surface area (Å²) in [4.78, 5) is 2.49. The first-order chi connectivity index (χ1) is 8.66. The van der Waals surface area contributed by atoms with Gasteiger partial charge >= 0.3 is 0 Å². The van der Waals surface area contributed by atoms with Crippen molar-refractivity contribution in [1.82, 2.24) is 10.2 Å². The van der Waals surface area contributed by atoms with Crippen molar-refractivity contribution in [2.24, 2.45) is 0 Å². The molecule has 1 aliphatic heterocycles. The Morgan fingerprint density at radius 3 is 2.89 bits per heavy atom. The van der Waals surface area contributed by atoms with Crippen LogP contribution in [0.1, 0.15) is 18.1 Å². The summed E-state index contributed by atoms with van der Waals surface area (Å²) in [7, 11) is 0. The highest BCUT2D eigenvalue weighted by molar-refractivity contribution is 5.85. The van der Waals surface area contributed by atoms with Crippen molar-refractivity contribution < 1.29 is 4.74 Å². The van der Waals surface area contributed by atoms with Crippen LogP contribution in [0.3, 0.4) is 0 Å². The third-order valence-electron chi connectivity index (χ3n) is 3.62. The zero-order valence-corrected chi connectivity index (χ0v) is 12.9. The second-order valence-corrected chi connectivity index (χ2v) is 5.21. The summed E-state index contributed by atoms with van der Waals surface area (Å²) < 4.78 is 5.91. The molecule has 108 valence electrons. The van der Waals surface area contributed by atoms with E-state index in [9.17, 15) is 0 Å². The van der Waals surface area contributed by atoms with Gasteiger partial charge in [-0.3, -0.25) is 4.90 Å². The number of nitrogens with zero attached hydrogens (tertiary/aromatic N) is 1. The van der Waals surface area contributed by atoms with Gasteiger partial charge < -0.3 is 10.1 Å². The second-order valence-electron chi connectivity index (χ2n) is 5.21. The number of piperazine rings is 1. The van der Waals surface area contributed by atoms with Crippen molar-refractivity contribution >= 4 is 12.4 Å². The Kier molecular flexibility index (Phi) is 6.63. The van der Waals surface area contributed by atoms with Crippen LogP contribution in [-0.2, 0) is 0 Å². The van der Waals surface area contributed by atoms with E-state index in [0.717, 1.165) is 38.5 Å². The molecule has 1 fully saturated rings. The van der Waals surface area contributed by atoms with Crippen LogP contribution in [0.25, 0.3) is 0 Å². The fraction of sp³-hybridized carbons (Fsp3) is 0.600. The highest BCUT2D eigenvalue weighted by atomic mass is 35.5. The molecule has 1 N–H and O–H groups in total. The third-order valence-corrected chi connectivity index (χ3v) is 3.62. The van der Waals surface area contributed by atoms with E-state index in [1.54, 1.807) is 0 Å². The normalized spacial score (nSPS) is 19.8. The molecule has 1 saturated heterocycles. The van der Waals surface area contributed by atoms with E-state index in [4.69, 9.17) is 4.74 Å².